The third-order valence-electron chi connectivity index (χ3n) is 3.91. The van der Waals surface area contributed by atoms with Gasteiger partial charge in [-0.05, 0) is 26.7 Å². The van der Waals surface area contributed by atoms with Crippen LogP contribution in [0.25, 0.3) is 0 Å². The molecular formula is C18H40O4Si. The smallest absolute Gasteiger partial charge is 0.374 e. The zero-order valence-electron chi connectivity index (χ0n) is 16.4. The van der Waals surface area contributed by atoms with Crippen molar-refractivity contribution >= 4 is 8.80 Å². The summed E-state index contributed by atoms with van der Waals surface area (Å²) in [7, 11) is -2.68. The van der Waals surface area contributed by atoms with Crippen molar-refractivity contribution in [2.24, 2.45) is 0 Å². The van der Waals surface area contributed by atoms with E-state index in [2.05, 4.69) is 27.7 Å². The summed E-state index contributed by atoms with van der Waals surface area (Å²) in [5.74, 6) is -0.561. The minimum absolute atomic E-state index is 0.561. The maximum Gasteiger partial charge on any atom is 0.503 e. The fraction of sp³-hybridized carbons (Fsp3) is 1.00. The first kappa shape index (κ1) is 23.1. The van der Waals surface area contributed by atoms with Crippen molar-refractivity contribution in [2.75, 3.05) is 19.8 Å². The molecule has 0 aromatic rings. The SMILES string of the molecule is CCCCCOC(CC)(CCC)O[Si](CCC)(OCC)OCC. The van der Waals surface area contributed by atoms with Gasteiger partial charge in [-0.3, -0.25) is 0 Å². The number of hydrogen-bond donors (Lipinski definition) is 0. The normalized spacial score (nSPS) is 14.9. The molecule has 0 spiro atoms. The molecule has 1 unspecified atom stereocenters. The molecule has 23 heavy (non-hydrogen) atoms. The summed E-state index contributed by atoms with van der Waals surface area (Å²) in [5.41, 5.74) is 0. The van der Waals surface area contributed by atoms with Gasteiger partial charge >= 0.3 is 8.80 Å². The molecule has 5 heteroatoms. The summed E-state index contributed by atoms with van der Waals surface area (Å²) < 4.78 is 25.0. The molecule has 0 aliphatic heterocycles. The summed E-state index contributed by atoms with van der Waals surface area (Å²) in [6, 6.07) is 0.846. The van der Waals surface area contributed by atoms with Crippen molar-refractivity contribution in [1.82, 2.24) is 0 Å². The Bertz CT molecular complexity index is 259. The van der Waals surface area contributed by atoms with Gasteiger partial charge in [0.05, 0.1) is 0 Å². The number of rotatable bonds is 16. The van der Waals surface area contributed by atoms with Gasteiger partial charge in [-0.2, -0.15) is 0 Å². The third kappa shape index (κ3) is 8.63. The number of unbranched alkanes of at least 4 members (excludes halogenated alkanes) is 2. The Morgan fingerprint density at radius 2 is 1.43 bits per heavy atom. The Hall–Kier alpha value is 0.0569. The highest BCUT2D eigenvalue weighted by atomic mass is 28.4. The molecule has 0 aliphatic rings. The lowest BCUT2D eigenvalue weighted by atomic mass is 10.1. The molecule has 0 aromatic carbocycles. The van der Waals surface area contributed by atoms with Crippen molar-refractivity contribution in [3.8, 4) is 0 Å². The molecule has 140 valence electrons. The molecule has 0 radical (unpaired) electrons. The molecule has 0 saturated carbocycles. The van der Waals surface area contributed by atoms with E-state index in [4.69, 9.17) is 18.0 Å². The lowest BCUT2D eigenvalue weighted by molar-refractivity contribution is -0.217. The van der Waals surface area contributed by atoms with Crippen LogP contribution in [-0.4, -0.2) is 34.4 Å². The highest BCUT2D eigenvalue weighted by molar-refractivity contribution is 6.60. The van der Waals surface area contributed by atoms with Crippen LogP contribution in [0.15, 0.2) is 0 Å². The second-order valence-corrected chi connectivity index (χ2v) is 8.62. The van der Waals surface area contributed by atoms with Gasteiger partial charge in [0.2, 0.25) is 0 Å². The summed E-state index contributed by atoms with van der Waals surface area (Å²) in [5, 5.41) is 0. The molecule has 0 saturated heterocycles. The standard InChI is InChI=1S/C18H40O4Si/c1-7-13-14-16-19-18(10-4,15-8-2)22-23(17-9-3,20-11-5)21-12-6/h7-17H2,1-6H3. The minimum atomic E-state index is -2.68. The molecule has 0 aromatic heterocycles. The molecule has 0 aliphatic carbocycles. The molecule has 4 nitrogen and oxygen atoms in total. The number of ether oxygens (including phenoxy) is 1. The number of hydrogen-bond acceptors (Lipinski definition) is 4. The fourth-order valence-electron chi connectivity index (χ4n) is 2.82. The van der Waals surface area contributed by atoms with E-state index in [-0.39, 0.29) is 0 Å². The van der Waals surface area contributed by atoms with Crippen molar-refractivity contribution in [2.45, 2.75) is 98.3 Å². The van der Waals surface area contributed by atoms with Gasteiger partial charge in [0.15, 0.2) is 5.79 Å². The van der Waals surface area contributed by atoms with Crippen molar-refractivity contribution in [3.63, 3.8) is 0 Å². The first-order valence-electron chi connectivity index (χ1n) is 9.69. The van der Waals surface area contributed by atoms with E-state index in [9.17, 15) is 0 Å². The van der Waals surface area contributed by atoms with Gasteiger partial charge in [-0.1, -0.05) is 53.4 Å². The minimum Gasteiger partial charge on any atom is -0.374 e. The van der Waals surface area contributed by atoms with Gasteiger partial charge < -0.3 is 18.0 Å². The Morgan fingerprint density at radius 3 is 1.87 bits per heavy atom. The van der Waals surface area contributed by atoms with Crippen LogP contribution >= 0.6 is 0 Å². The van der Waals surface area contributed by atoms with Gasteiger partial charge in [-0.25, -0.2) is 0 Å². The van der Waals surface area contributed by atoms with Crippen molar-refractivity contribution < 1.29 is 18.0 Å². The Balaban J connectivity index is 5.14. The average Bonchev–Trinajstić information content (AvgIpc) is 2.52. The highest BCUT2D eigenvalue weighted by Gasteiger charge is 2.47. The van der Waals surface area contributed by atoms with Crippen LogP contribution in [0.5, 0.6) is 0 Å². The van der Waals surface area contributed by atoms with Gasteiger partial charge in [0.25, 0.3) is 0 Å². The van der Waals surface area contributed by atoms with Crippen LogP contribution in [0.4, 0.5) is 0 Å². The van der Waals surface area contributed by atoms with Gasteiger partial charge in [0.1, 0.15) is 0 Å². The van der Waals surface area contributed by atoms with Gasteiger partial charge in [0, 0.05) is 32.3 Å². The molecular weight excluding hydrogens is 308 g/mol. The first-order chi connectivity index (χ1) is 11.1. The van der Waals surface area contributed by atoms with Gasteiger partial charge in [-0.15, -0.1) is 0 Å². The van der Waals surface area contributed by atoms with Crippen molar-refractivity contribution in [1.29, 1.82) is 0 Å². The molecule has 0 N–H and O–H groups in total. The zero-order chi connectivity index (χ0) is 17.6. The summed E-state index contributed by atoms with van der Waals surface area (Å²) in [4.78, 5) is 0. The summed E-state index contributed by atoms with van der Waals surface area (Å²) in [6.45, 7) is 14.7. The van der Waals surface area contributed by atoms with E-state index >= 15 is 0 Å². The van der Waals surface area contributed by atoms with Crippen molar-refractivity contribution in [3.05, 3.63) is 0 Å². The predicted octanol–water partition coefficient (Wildman–Crippen LogP) is 5.54. The fourth-order valence-corrected chi connectivity index (χ4v) is 5.78. The van der Waals surface area contributed by atoms with Crippen LogP contribution in [0.2, 0.25) is 6.04 Å². The Morgan fingerprint density at radius 1 is 0.783 bits per heavy atom. The van der Waals surface area contributed by atoms with Crippen LogP contribution in [-0.2, 0) is 18.0 Å². The van der Waals surface area contributed by atoms with E-state index in [0.29, 0.717) is 13.2 Å². The van der Waals surface area contributed by atoms with Crippen LogP contribution < -0.4 is 0 Å². The van der Waals surface area contributed by atoms with E-state index in [1.165, 1.54) is 12.8 Å². The Labute approximate surface area is 145 Å². The maximum absolute atomic E-state index is 6.59. The summed E-state index contributed by atoms with van der Waals surface area (Å²) >= 11 is 0. The van der Waals surface area contributed by atoms with E-state index in [0.717, 1.165) is 44.8 Å². The third-order valence-corrected chi connectivity index (χ3v) is 7.16. The average molecular weight is 349 g/mol. The largest absolute Gasteiger partial charge is 0.503 e. The van der Waals surface area contributed by atoms with E-state index < -0.39 is 14.6 Å². The topological polar surface area (TPSA) is 36.9 Å². The predicted molar refractivity (Wildman–Crippen MR) is 98.6 cm³/mol. The quantitative estimate of drug-likeness (QED) is 0.208. The monoisotopic (exact) mass is 348 g/mol. The molecule has 1 atom stereocenters. The van der Waals surface area contributed by atoms with Crippen LogP contribution in [0.3, 0.4) is 0 Å². The van der Waals surface area contributed by atoms with E-state index in [1.807, 2.05) is 13.8 Å². The molecule has 0 fully saturated rings. The van der Waals surface area contributed by atoms with Crippen LogP contribution in [0, 0.1) is 0 Å². The molecule has 0 heterocycles. The Kier molecular flexibility index (Phi) is 13.4. The lowest BCUT2D eigenvalue weighted by Gasteiger charge is -2.40. The second-order valence-electron chi connectivity index (χ2n) is 5.97. The molecule has 0 bridgehead atoms. The molecule has 0 amide bonds. The second kappa shape index (κ2) is 13.4. The molecule has 0 rings (SSSR count). The van der Waals surface area contributed by atoms with Crippen LogP contribution in [0.1, 0.15) is 86.5 Å². The maximum atomic E-state index is 6.59. The first-order valence-corrected chi connectivity index (χ1v) is 11.6. The summed E-state index contributed by atoms with van der Waals surface area (Å²) in [6.07, 6.45) is 7.20. The highest BCUT2D eigenvalue weighted by Crippen LogP contribution is 2.32. The van der Waals surface area contributed by atoms with E-state index in [1.54, 1.807) is 0 Å². The zero-order valence-corrected chi connectivity index (χ0v) is 17.4. The lowest BCUT2D eigenvalue weighted by Crippen LogP contribution is -2.54.